The molecule has 7 nitrogen and oxygen atoms in total. The molecule has 0 unspecified atom stereocenters. The van der Waals surface area contributed by atoms with Crippen LogP contribution in [0.2, 0.25) is 0 Å². The summed E-state index contributed by atoms with van der Waals surface area (Å²) in [6, 6.07) is 13.3. The molecule has 0 aliphatic carbocycles. The zero-order valence-electron chi connectivity index (χ0n) is 15.2. The van der Waals surface area contributed by atoms with Gasteiger partial charge in [0, 0.05) is 23.2 Å². The van der Waals surface area contributed by atoms with E-state index in [4.69, 9.17) is 5.73 Å². The van der Waals surface area contributed by atoms with E-state index in [2.05, 4.69) is 31.0 Å². The normalized spacial score (nSPS) is 14.4. The van der Waals surface area contributed by atoms with E-state index in [1.54, 1.807) is 4.57 Å². The monoisotopic (exact) mass is 438 g/mol. The SMILES string of the molecule is Nc1ccc(Cn2c(=O)c3cc(Br)ccc3n3c(N4CCCC4)nnc23)cc1. The smallest absolute Gasteiger partial charge is 0.263 e. The minimum Gasteiger partial charge on any atom is -0.399 e. The minimum absolute atomic E-state index is 0.0824. The van der Waals surface area contributed by atoms with Crippen LogP contribution in [0.5, 0.6) is 0 Å². The number of nitrogen functional groups attached to an aromatic ring is 1. The second kappa shape index (κ2) is 6.63. The van der Waals surface area contributed by atoms with Crippen LogP contribution in [-0.2, 0) is 6.54 Å². The molecule has 8 heteroatoms. The second-order valence-corrected chi connectivity index (χ2v) is 8.04. The number of aromatic nitrogens is 4. The molecule has 4 aromatic rings. The van der Waals surface area contributed by atoms with Crippen molar-refractivity contribution in [3.05, 3.63) is 62.9 Å². The third-order valence-electron chi connectivity index (χ3n) is 5.25. The van der Waals surface area contributed by atoms with Gasteiger partial charge >= 0.3 is 0 Å². The van der Waals surface area contributed by atoms with Crippen molar-refractivity contribution < 1.29 is 0 Å². The Morgan fingerprint density at radius 2 is 1.79 bits per heavy atom. The van der Waals surface area contributed by atoms with Gasteiger partial charge in [0.15, 0.2) is 0 Å². The van der Waals surface area contributed by atoms with E-state index >= 15 is 0 Å². The van der Waals surface area contributed by atoms with E-state index in [1.807, 2.05) is 46.9 Å². The van der Waals surface area contributed by atoms with Crippen molar-refractivity contribution in [1.29, 1.82) is 0 Å². The van der Waals surface area contributed by atoms with Crippen LogP contribution in [-0.4, -0.2) is 32.3 Å². The van der Waals surface area contributed by atoms with Crippen molar-refractivity contribution in [1.82, 2.24) is 19.2 Å². The van der Waals surface area contributed by atoms with E-state index in [-0.39, 0.29) is 5.56 Å². The number of hydrogen-bond acceptors (Lipinski definition) is 5. The molecule has 0 spiro atoms. The Balaban J connectivity index is 1.79. The van der Waals surface area contributed by atoms with Gasteiger partial charge in [0.2, 0.25) is 11.7 Å². The van der Waals surface area contributed by atoms with Gasteiger partial charge in [-0.3, -0.25) is 9.36 Å². The average molecular weight is 439 g/mol. The van der Waals surface area contributed by atoms with E-state index in [0.717, 1.165) is 47.4 Å². The third kappa shape index (κ3) is 2.75. The summed E-state index contributed by atoms with van der Waals surface area (Å²) in [4.78, 5) is 15.6. The van der Waals surface area contributed by atoms with Gasteiger partial charge in [-0.15, -0.1) is 10.2 Å². The van der Waals surface area contributed by atoms with Gasteiger partial charge in [0.1, 0.15) is 0 Å². The highest BCUT2D eigenvalue weighted by atomic mass is 79.9. The molecule has 0 radical (unpaired) electrons. The maximum absolute atomic E-state index is 13.3. The summed E-state index contributed by atoms with van der Waals surface area (Å²) in [6.45, 7) is 2.31. The molecule has 0 saturated carbocycles. The highest BCUT2D eigenvalue weighted by Crippen LogP contribution is 2.25. The van der Waals surface area contributed by atoms with Crippen molar-refractivity contribution in [2.45, 2.75) is 19.4 Å². The van der Waals surface area contributed by atoms with Gasteiger partial charge in [-0.1, -0.05) is 28.1 Å². The van der Waals surface area contributed by atoms with Crippen molar-refractivity contribution in [3.63, 3.8) is 0 Å². The van der Waals surface area contributed by atoms with Crippen molar-refractivity contribution in [2.75, 3.05) is 23.7 Å². The number of fused-ring (bicyclic) bond motifs is 3. The number of halogens is 1. The van der Waals surface area contributed by atoms with Gasteiger partial charge in [-0.05, 0) is 48.7 Å². The molecule has 1 aliphatic rings. The Morgan fingerprint density at radius 3 is 2.54 bits per heavy atom. The number of hydrogen-bond donors (Lipinski definition) is 1. The molecule has 3 heterocycles. The summed E-state index contributed by atoms with van der Waals surface area (Å²) >= 11 is 3.49. The molecule has 1 aliphatic heterocycles. The van der Waals surface area contributed by atoms with Crippen molar-refractivity contribution in [3.8, 4) is 0 Å². The largest absolute Gasteiger partial charge is 0.399 e. The Kier molecular flexibility index (Phi) is 4.08. The quantitative estimate of drug-likeness (QED) is 0.497. The number of benzene rings is 2. The maximum Gasteiger partial charge on any atom is 0.263 e. The number of anilines is 2. The van der Waals surface area contributed by atoms with Crippen LogP contribution in [0.1, 0.15) is 18.4 Å². The van der Waals surface area contributed by atoms with E-state index in [0.29, 0.717) is 23.4 Å². The van der Waals surface area contributed by atoms with Crippen LogP contribution in [0, 0.1) is 0 Å². The highest BCUT2D eigenvalue weighted by molar-refractivity contribution is 9.10. The number of nitrogens with zero attached hydrogens (tertiary/aromatic N) is 5. The molecule has 5 rings (SSSR count). The zero-order chi connectivity index (χ0) is 19.3. The molecule has 1 saturated heterocycles. The molecule has 0 bridgehead atoms. The summed E-state index contributed by atoms with van der Waals surface area (Å²) in [6.07, 6.45) is 2.28. The zero-order valence-corrected chi connectivity index (χ0v) is 16.8. The van der Waals surface area contributed by atoms with E-state index < -0.39 is 0 Å². The van der Waals surface area contributed by atoms with Crippen molar-refractivity contribution in [2.24, 2.45) is 0 Å². The molecular formula is C20H19BrN6O. The van der Waals surface area contributed by atoms with Gasteiger partial charge in [0.05, 0.1) is 17.4 Å². The van der Waals surface area contributed by atoms with Crippen molar-refractivity contribution >= 4 is 44.2 Å². The van der Waals surface area contributed by atoms with Gasteiger partial charge < -0.3 is 10.6 Å². The lowest BCUT2D eigenvalue weighted by Gasteiger charge is -2.17. The number of nitrogens with two attached hydrogens (primary N) is 1. The average Bonchev–Trinajstić information content (AvgIpc) is 3.36. The first kappa shape index (κ1) is 17.2. The lowest BCUT2D eigenvalue weighted by atomic mass is 10.2. The Bertz CT molecular complexity index is 1240. The lowest BCUT2D eigenvalue weighted by molar-refractivity contribution is 0.765. The Morgan fingerprint density at radius 1 is 1.04 bits per heavy atom. The predicted octanol–water partition coefficient (Wildman–Crippen LogP) is 3.04. The fourth-order valence-corrected chi connectivity index (χ4v) is 4.20. The molecule has 0 amide bonds. The first-order valence-corrected chi connectivity index (χ1v) is 10.1. The van der Waals surface area contributed by atoms with Gasteiger partial charge in [-0.25, -0.2) is 4.40 Å². The molecule has 142 valence electrons. The summed E-state index contributed by atoms with van der Waals surface area (Å²) in [5, 5.41) is 9.50. The highest BCUT2D eigenvalue weighted by Gasteiger charge is 2.22. The molecule has 2 aromatic carbocycles. The van der Waals surface area contributed by atoms with Crippen LogP contribution in [0.25, 0.3) is 16.7 Å². The second-order valence-electron chi connectivity index (χ2n) is 7.12. The van der Waals surface area contributed by atoms with E-state index in [9.17, 15) is 4.79 Å². The summed E-state index contributed by atoms with van der Waals surface area (Å²) < 4.78 is 4.56. The first-order chi connectivity index (χ1) is 13.6. The Hall–Kier alpha value is -2.87. The van der Waals surface area contributed by atoms with Gasteiger partial charge in [0.25, 0.3) is 5.56 Å². The van der Waals surface area contributed by atoms with Crippen LogP contribution in [0.15, 0.2) is 51.7 Å². The molecule has 2 N–H and O–H groups in total. The topological polar surface area (TPSA) is 81.5 Å². The summed E-state index contributed by atoms with van der Waals surface area (Å²) in [5.41, 5.74) is 8.22. The van der Waals surface area contributed by atoms with Crippen LogP contribution >= 0.6 is 15.9 Å². The third-order valence-corrected chi connectivity index (χ3v) is 5.75. The first-order valence-electron chi connectivity index (χ1n) is 9.28. The Labute approximate surface area is 169 Å². The maximum atomic E-state index is 13.3. The lowest BCUT2D eigenvalue weighted by Crippen LogP contribution is -2.26. The summed E-state index contributed by atoms with van der Waals surface area (Å²) in [7, 11) is 0. The van der Waals surface area contributed by atoms with E-state index in [1.165, 1.54) is 0 Å². The molecule has 2 aromatic heterocycles. The molecule has 0 atom stereocenters. The fourth-order valence-electron chi connectivity index (χ4n) is 3.84. The van der Waals surface area contributed by atoms with Crippen LogP contribution < -0.4 is 16.2 Å². The number of rotatable bonds is 3. The molecular weight excluding hydrogens is 420 g/mol. The predicted molar refractivity (Wildman–Crippen MR) is 114 cm³/mol. The van der Waals surface area contributed by atoms with Crippen LogP contribution in [0.3, 0.4) is 0 Å². The molecule has 28 heavy (non-hydrogen) atoms. The molecule has 1 fully saturated rings. The minimum atomic E-state index is -0.0824. The summed E-state index contributed by atoms with van der Waals surface area (Å²) in [5.74, 6) is 1.35. The van der Waals surface area contributed by atoms with Gasteiger partial charge in [-0.2, -0.15) is 0 Å². The van der Waals surface area contributed by atoms with Crippen LogP contribution in [0.4, 0.5) is 11.6 Å². The fraction of sp³-hybridized carbons (Fsp3) is 0.250. The standard InChI is InChI=1S/C20H19BrN6O/c21-14-5-8-17-16(11-14)18(28)26(12-13-3-6-15(22)7-4-13)20-24-23-19(27(17)20)25-9-1-2-10-25/h3-8,11H,1-2,9-10,12,22H2.